The Balaban J connectivity index is 0.000000758. The lowest BCUT2D eigenvalue weighted by Crippen LogP contribution is -2.40. The summed E-state index contributed by atoms with van der Waals surface area (Å²) in [5.41, 5.74) is 4.01. The Hall–Kier alpha value is -3.19. The van der Waals surface area contributed by atoms with Gasteiger partial charge in [0.2, 0.25) is 7.05 Å². The van der Waals surface area contributed by atoms with E-state index in [1.54, 1.807) is 4.90 Å². The van der Waals surface area contributed by atoms with Gasteiger partial charge in [0, 0.05) is 12.1 Å². The van der Waals surface area contributed by atoms with E-state index in [4.69, 9.17) is 6.57 Å². The molecule has 1 heterocycles. The molecule has 0 saturated carbocycles. The van der Waals surface area contributed by atoms with Gasteiger partial charge in [0.25, 0.3) is 5.91 Å². The summed E-state index contributed by atoms with van der Waals surface area (Å²) >= 11 is 0. The number of rotatable bonds is 4. The van der Waals surface area contributed by atoms with Crippen molar-refractivity contribution in [3.05, 3.63) is 82.2 Å². The van der Waals surface area contributed by atoms with E-state index in [1.165, 1.54) is 14.0 Å². The molecule has 0 aromatic heterocycles. The minimum Gasteiger partial charge on any atom is -0.331 e. The van der Waals surface area contributed by atoms with Crippen LogP contribution in [0.3, 0.4) is 0 Å². The molecule has 0 saturated heterocycles. The van der Waals surface area contributed by atoms with Crippen molar-refractivity contribution in [3.8, 4) is 0 Å². The second kappa shape index (κ2) is 9.33. The Labute approximate surface area is 154 Å². The van der Waals surface area contributed by atoms with Gasteiger partial charge in [0.1, 0.15) is 5.78 Å². The summed E-state index contributed by atoms with van der Waals surface area (Å²) in [6, 6.07) is 16.0. The number of ketones is 1. The quantitative estimate of drug-likeness (QED) is 0.621. The normalized spacial score (nSPS) is 12.8. The molecule has 0 spiro atoms. The summed E-state index contributed by atoms with van der Waals surface area (Å²) in [5.74, 6) is -0.0238. The van der Waals surface area contributed by atoms with E-state index in [2.05, 4.69) is 35.2 Å². The van der Waals surface area contributed by atoms with E-state index >= 15 is 0 Å². The first-order chi connectivity index (χ1) is 12.5. The number of hydrogen-bond donors (Lipinski definition) is 0. The standard InChI is InChI=1S/C20H19NO2.C2H3N/c1-15(22)14-21-12-11-18-13-17(9-10-19(18)20(21)23)8-7-16-5-3-2-4-6-16;1-3-2/h2-10,13H,11-12,14H2,1H3;1H3. The van der Waals surface area contributed by atoms with Crippen molar-refractivity contribution in [2.24, 2.45) is 0 Å². The zero-order chi connectivity index (χ0) is 18.9. The van der Waals surface area contributed by atoms with Gasteiger partial charge >= 0.3 is 0 Å². The monoisotopic (exact) mass is 346 g/mol. The number of benzene rings is 2. The predicted octanol–water partition coefficient (Wildman–Crippen LogP) is 3.98. The Bertz CT molecular complexity index is 848. The maximum absolute atomic E-state index is 12.4. The second-order valence-electron chi connectivity index (χ2n) is 6.06. The fourth-order valence-corrected chi connectivity index (χ4v) is 2.84. The highest BCUT2D eigenvalue weighted by Crippen LogP contribution is 2.21. The molecule has 4 nitrogen and oxygen atoms in total. The summed E-state index contributed by atoms with van der Waals surface area (Å²) < 4.78 is 0. The molecule has 0 N–H and O–H groups in total. The van der Waals surface area contributed by atoms with Crippen molar-refractivity contribution in [2.75, 3.05) is 20.1 Å². The third-order valence-electron chi connectivity index (χ3n) is 3.98. The third kappa shape index (κ3) is 5.15. The average molecular weight is 346 g/mol. The van der Waals surface area contributed by atoms with Crippen molar-refractivity contribution >= 4 is 23.8 Å². The average Bonchev–Trinajstić information content (AvgIpc) is 2.63. The number of amides is 1. The van der Waals surface area contributed by atoms with Gasteiger partial charge < -0.3 is 9.74 Å². The van der Waals surface area contributed by atoms with Crippen molar-refractivity contribution in [3.63, 3.8) is 0 Å². The molecule has 1 aliphatic rings. The summed E-state index contributed by atoms with van der Waals surface area (Å²) in [6.45, 7) is 8.16. The molecule has 132 valence electrons. The van der Waals surface area contributed by atoms with Gasteiger partial charge in [0.15, 0.2) is 0 Å². The third-order valence-corrected chi connectivity index (χ3v) is 3.98. The van der Waals surface area contributed by atoms with Crippen LogP contribution >= 0.6 is 0 Å². The van der Waals surface area contributed by atoms with Gasteiger partial charge in [-0.3, -0.25) is 9.59 Å². The van der Waals surface area contributed by atoms with E-state index in [1.807, 2.05) is 30.3 Å². The molecule has 0 fully saturated rings. The van der Waals surface area contributed by atoms with Crippen LogP contribution in [-0.4, -0.2) is 36.7 Å². The molecule has 0 unspecified atom stereocenters. The molecule has 0 radical (unpaired) electrons. The van der Waals surface area contributed by atoms with Crippen LogP contribution in [0.5, 0.6) is 0 Å². The van der Waals surface area contributed by atoms with E-state index in [-0.39, 0.29) is 18.2 Å². The Morgan fingerprint density at radius 2 is 1.81 bits per heavy atom. The minimum absolute atomic E-state index is 0.0178. The highest BCUT2D eigenvalue weighted by Gasteiger charge is 2.24. The molecule has 2 aromatic rings. The van der Waals surface area contributed by atoms with Crippen molar-refractivity contribution < 1.29 is 9.59 Å². The molecule has 1 aliphatic heterocycles. The lowest BCUT2D eigenvalue weighted by atomic mass is 9.96. The minimum atomic E-state index is -0.0416. The van der Waals surface area contributed by atoms with Crippen molar-refractivity contribution in [1.82, 2.24) is 4.90 Å². The maximum Gasteiger partial charge on any atom is 0.254 e. The predicted molar refractivity (Wildman–Crippen MR) is 105 cm³/mol. The summed E-state index contributed by atoms with van der Waals surface area (Å²) in [7, 11) is 1.42. The molecule has 4 heteroatoms. The number of carbonyl (C=O) groups is 2. The lowest BCUT2D eigenvalue weighted by molar-refractivity contribution is -0.117. The number of hydrogen-bond acceptors (Lipinski definition) is 2. The molecule has 1 amide bonds. The summed E-state index contributed by atoms with van der Waals surface area (Å²) in [6.07, 6.45) is 4.91. The fraction of sp³-hybridized carbons (Fsp3) is 0.227. The molecular formula is C22H22N2O2. The molecule has 0 bridgehead atoms. The molecule has 3 rings (SSSR count). The van der Waals surface area contributed by atoms with Gasteiger partial charge in [-0.1, -0.05) is 54.6 Å². The first-order valence-electron chi connectivity index (χ1n) is 8.45. The van der Waals surface area contributed by atoms with Crippen LogP contribution < -0.4 is 0 Å². The molecule has 0 aliphatic carbocycles. The van der Waals surface area contributed by atoms with E-state index in [9.17, 15) is 9.59 Å². The Morgan fingerprint density at radius 3 is 2.46 bits per heavy atom. The lowest BCUT2D eigenvalue weighted by Gasteiger charge is -2.27. The van der Waals surface area contributed by atoms with E-state index < -0.39 is 0 Å². The van der Waals surface area contributed by atoms with Gasteiger partial charge in [0.05, 0.1) is 6.54 Å². The van der Waals surface area contributed by atoms with Gasteiger partial charge in [-0.05, 0) is 36.1 Å². The number of fused-ring (bicyclic) bond motifs is 1. The smallest absolute Gasteiger partial charge is 0.254 e. The Kier molecular flexibility index (Phi) is 6.87. The molecular weight excluding hydrogens is 324 g/mol. The van der Waals surface area contributed by atoms with Crippen LogP contribution in [0, 0.1) is 6.57 Å². The van der Waals surface area contributed by atoms with Crippen LogP contribution in [-0.2, 0) is 11.2 Å². The van der Waals surface area contributed by atoms with Crippen molar-refractivity contribution in [1.29, 1.82) is 0 Å². The van der Waals surface area contributed by atoms with Crippen LogP contribution in [0.2, 0.25) is 0 Å². The summed E-state index contributed by atoms with van der Waals surface area (Å²) in [4.78, 5) is 28.0. The fourth-order valence-electron chi connectivity index (χ4n) is 2.84. The van der Waals surface area contributed by atoms with Crippen LogP contribution in [0.4, 0.5) is 0 Å². The van der Waals surface area contributed by atoms with E-state index in [0.29, 0.717) is 6.54 Å². The molecule has 26 heavy (non-hydrogen) atoms. The van der Waals surface area contributed by atoms with E-state index in [0.717, 1.165) is 28.7 Å². The topological polar surface area (TPSA) is 41.7 Å². The Morgan fingerprint density at radius 1 is 1.15 bits per heavy atom. The molecule has 2 aromatic carbocycles. The zero-order valence-corrected chi connectivity index (χ0v) is 15.1. The van der Waals surface area contributed by atoms with Crippen LogP contribution in [0.1, 0.15) is 34.0 Å². The van der Waals surface area contributed by atoms with Gasteiger partial charge in [-0.2, -0.15) is 0 Å². The first kappa shape index (κ1) is 19.1. The largest absolute Gasteiger partial charge is 0.331 e. The van der Waals surface area contributed by atoms with Crippen LogP contribution in [0.15, 0.2) is 48.5 Å². The molecule has 0 atom stereocenters. The number of Topliss-reactive ketones (excluding diaryl/α,β-unsaturated/α-hetero) is 1. The SMILES string of the molecule is CC(=O)CN1CCc2cc(C=Cc3ccccc3)ccc2C1=O.[C-]#[N+]C. The number of nitrogens with zero attached hydrogens (tertiary/aromatic N) is 2. The second-order valence-corrected chi connectivity index (χ2v) is 6.06. The first-order valence-corrected chi connectivity index (χ1v) is 8.45. The zero-order valence-electron chi connectivity index (χ0n) is 15.1. The summed E-state index contributed by atoms with van der Waals surface area (Å²) in [5, 5.41) is 0. The maximum atomic E-state index is 12.4. The van der Waals surface area contributed by atoms with Crippen molar-refractivity contribution in [2.45, 2.75) is 13.3 Å². The van der Waals surface area contributed by atoms with Crippen LogP contribution in [0.25, 0.3) is 17.0 Å². The van der Waals surface area contributed by atoms with Gasteiger partial charge in [-0.15, -0.1) is 0 Å². The van der Waals surface area contributed by atoms with Gasteiger partial charge in [-0.25, -0.2) is 6.57 Å². The number of carbonyl (C=O) groups excluding carboxylic acids is 2. The highest BCUT2D eigenvalue weighted by molar-refractivity contribution is 5.99. The highest BCUT2D eigenvalue weighted by atomic mass is 16.2.